The monoisotopic (exact) mass is 519 g/mol. The van der Waals surface area contributed by atoms with Gasteiger partial charge in [-0.2, -0.15) is 0 Å². The van der Waals surface area contributed by atoms with Crippen molar-refractivity contribution in [2.45, 2.75) is 45.1 Å². The Kier molecular flexibility index (Phi) is 7.41. The molecule has 0 bridgehead atoms. The van der Waals surface area contributed by atoms with Gasteiger partial charge in [0, 0.05) is 30.3 Å². The van der Waals surface area contributed by atoms with Crippen molar-refractivity contribution in [1.29, 1.82) is 0 Å². The summed E-state index contributed by atoms with van der Waals surface area (Å²) in [6.45, 7) is 3.73. The van der Waals surface area contributed by atoms with Gasteiger partial charge in [-0.1, -0.05) is 6.07 Å². The molecule has 1 aliphatic rings. The average Bonchev–Trinajstić information content (AvgIpc) is 2.81. The van der Waals surface area contributed by atoms with Crippen LogP contribution in [0.25, 0.3) is 0 Å². The molecule has 0 atom stereocenters. The Morgan fingerprint density at radius 1 is 1.08 bits per heavy atom. The number of hydrogen-bond donors (Lipinski definition) is 4. The molecular weight excluding hydrogens is 494 g/mol. The van der Waals surface area contributed by atoms with Gasteiger partial charge in [-0.05, 0) is 74.1 Å². The second kappa shape index (κ2) is 10.4. The molecule has 1 fully saturated rings. The van der Waals surface area contributed by atoms with Gasteiger partial charge in [0.25, 0.3) is 5.91 Å². The Morgan fingerprint density at radius 2 is 1.83 bits per heavy atom. The van der Waals surface area contributed by atoms with Crippen LogP contribution in [0.2, 0.25) is 0 Å². The van der Waals surface area contributed by atoms with Crippen LogP contribution in [0.5, 0.6) is 0 Å². The number of amides is 1. The first-order valence-corrected chi connectivity index (χ1v) is 12.1. The van der Waals surface area contributed by atoms with Crippen molar-refractivity contribution in [3.63, 3.8) is 0 Å². The summed E-state index contributed by atoms with van der Waals surface area (Å²) in [5, 5.41) is 2.42. The Morgan fingerprint density at radius 3 is 2.47 bits per heavy atom. The van der Waals surface area contributed by atoms with Crippen LogP contribution in [0.3, 0.4) is 0 Å². The third-order valence-corrected chi connectivity index (χ3v) is 7.07. The molecule has 0 unspecified atom stereocenters. The molecule has 0 saturated heterocycles. The highest BCUT2D eigenvalue weighted by molar-refractivity contribution is 7.98. The van der Waals surface area contributed by atoms with E-state index in [1.807, 2.05) is 0 Å². The zero-order valence-corrected chi connectivity index (χ0v) is 20.5. The number of rotatable bonds is 9. The maximum atomic E-state index is 15.1. The number of aromatic nitrogens is 1. The Labute approximate surface area is 210 Å². The number of nitrogens with zero attached hydrogens (tertiary/aromatic N) is 1. The molecule has 1 aromatic heterocycles. The van der Waals surface area contributed by atoms with Crippen molar-refractivity contribution in [3.05, 3.63) is 82.1 Å². The lowest BCUT2D eigenvalue weighted by Gasteiger charge is -2.38. The van der Waals surface area contributed by atoms with E-state index in [1.54, 1.807) is 13.0 Å². The number of benzene rings is 2. The summed E-state index contributed by atoms with van der Waals surface area (Å²) in [4.78, 5) is 16.0. The number of hydrogen-bond acceptors (Lipinski definition) is 6. The molecule has 0 spiro atoms. The van der Waals surface area contributed by atoms with Crippen LogP contribution in [-0.4, -0.2) is 16.4 Å². The van der Waals surface area contributed by atoms with Gasteiger partial charge in [0.05, 0.1) is 16.9 Å². The number of aryl methyl sites for hydroxylation is 1. The van der Waals surface area contributed by atoms with Crippen LogP contribution in [0.15, 0.2) is 36.5 Å². The molecule has 36 heavy (non-hydrogen) atoms. The summed E-state index contributed by atoms with van der Waals surface area (Å²) in [6.07, 6.45) is 4.10. The number of carbonyl (C=O) groups is 1. The molecule has 4 rings (SSSR count). The molecule has 6 nitrogen and oxygen atoms in total. The minimum Gasteiger partial charge on any atom is -0.366 e. The van der Waals surface area contributed by atoms with Gasteiger partial charge in [-0.3, -0.25) is 9.52 Å². The summed E-state index contributed by atoms with van der Waals surface area (Å²) in [7, 11) is 0. The molecular formula is C25H25F4N5OS. The zero-order chi connectivity index (χ0) is 26.0. The van der Waals surface area contributed by atoms with E-state index in [1.165, 1.54) is 24.4 Å². The van der Waals surface area contributed by atoms with Crippen molar-refractivity contribution in [2.24, 2.45) is 5.73 Å². The highest BCUT2D eigenvalue weighted by atomic mass is 32.2. The van der Waals surface area contributed by atoms with Crippen LogP contribution in [0.4, 0.5) is 34.8 Å². The molecule has 3 aromatic rings. The predicted molar refractivity (Wildman–Crippen MR) is 133 cm³/mol. The van der Waals surface area contributed by atoms with Gasteiger partial charge in [-0.25, -0.2) is 27.3 Å². The fourth-order valence-corrected chi connectivity index (χ4v) is 4.62. The topological polar surface area (TPSA) is 92.1 Å². The van der Waals surface area contributed by atoms with Crippen LogP contribution in [0.1, 0.15) is 53.2 Å². The minimum absolute atomic E-state index is 0.0296. The van der Waals surface area contributed by atoms with E-state index in [0.29, 0.717) is 5.56 Å². The van der Waals surface area contributed by atoms with Crippen LogP contribution >= 0.6 is 12.1 Å². The number of carbonyl (C=O) groups excluding carboxylic acids is 1. The van der Waals surface area contributed by atoms with Crippen LogP contribution < -0.4 is 20.5 Å². The second-order valence-corrected chi connectivity index (χ2v) is 9.70. The summed E-state index contributed by atoms with van der Waals surface area (Å²) in [6, 6.07) is 6.47. The van der Waals surface area contributed by atoms with Crippen LogP contribution in [-0.2, 0) is 6.42 Å². The van der Waals surface area contributed by atoms with Crippen molar-refractivity contribution in [1.82, 2.24) is 9.71 Å². The zero-order valence-electron chi connectivity index (χ0n) is 19.6. The van der Waals surface area contributed by atoms with E-state index >= 15 is 13.2 Å². The van der Waals surface area contributed by atoms with Gasteiger partial charge in [-0.15, -0.1) is 0 Å². The molecule has 190 valence electrons. The lowest BCUT2D eigenvalue weighted by Crippen LogP contribution is -2.45. The standard InChI is InChI=1S/C25H25F4N5OS/c1-13-4-5-18(17(26)10-13)32-22-16(23(30)35)12-15(19(27)21(22)29)11-14-6-9-31-24(20(14)28)33-36-34-25(2)7-3-8-25/h4-6,9-10,12,32,34H,3,7-8,11H2,1-2H3,(H2,30,35)(H,31,33). The number of pyridine rings is 1. The average molecular weight is 520 g/mol. The Balaban J connectivity index is 1.60. The van der Waals surface area contributed by atoms with Crippen LogP contribution in [0, 0.1) is 30.2 Å². The van der Waals surface area contributed by atoms with Gasteiger partial charge < -0.3 is 11.1 Å². The molecule has 1 amide bonds. The summed E-state index contributed by atoms with van der Waals surface area (Å²) >= 11 is 1.10. The number of primary amides is 1. The third kappa shape index (κ3) is 5.41. The number of nitrogens with one attached hydrogen (secondary N) is 3. The van der Waals surface area contributed by atoms with E-state index in [4.69, 9.17) is 5.73 Å². The fraction of sp³-hybridized carbons (Fsp3) is 0.280. The molecule has 1 aliphatic carbocycles. The van der Waals surface area contributed by atoms with Crippen molar-refractivity contribution in [3.8, 4) is 0 Å². The Hall–Kier alpha value is -3.31. The predicted octanol–water partition coefficient (Wildman–Crippen LogP) is 5.89. The third-order valence-electron chi connectivity index (χ3n) is 6.18. The van der Waals surface area contributed by atoms with Gasteiger partial charge >= 0.3 is 0 Å². The maximum Gasteiger partial charge on any atom is 0.250 e. The molecule has 0 radical (unpaired) electrons. The molecule has 5 N–H and O–H groups in total. The summed E-state index contributed by atoms with van der Waals surface area (Å²) in [5.41, 5.74) is 4.57. The number of anilines is 3. The largest absolute Gasteiger partial charge is 0.366 e. The lowest BCUT2D eigenvalue weighted by molar-refractivity contribution is 0.100. The van der Waals surface area contributed by atoms with E-state index < -0.39 is 40.4 Å². The molecule has 11 heteroatoms. The quantitative estimate of drug-likeness (QED) is 0.208. The minimum atomic E-state index is -1.43. The van der Waals surface area contributed by atoms with Gasteiger partial charge in [0.1, 0.15) is 5.82 Å². The number of nitrogens with two attached hydrogens (primary N) is 1. The van der Waals surface area contributed by atoms with E-state index in [0.717, 1.165) is 37.5 Å². The molecule has 0 aliphatic heterocycles. The molecule has 1 saturated carbocycles. The normalized spacial score (nSPS) is 14.3. The van der Waals surface area contributed by atoms with Crippen molar-refractivity contribution >= 4 is 35.2 Å². The number of halogens is 4. The highest BCUT2D eigenvalue weighted by Crippen LogP contribution is 2.34. The van der Waals surface area contributed by atoms with E-state index in [-0.39, 0.29) is 34.6 Å². The smallest absolute Gasteiger partial charge is 0.250 e. The Bertz CT molecular complexity index is 1320. The summed E-state index contributed by atoms with van der Waals surface area (Å²) < 4.78 is 65.5. The molecule has 2 aromatic carbocycles. The first kappa shape index (κ1) is 25.8. The van der Waals surface area contributed by atoms with E-state index in [9.17, 15) is 9.18 Å². The fourth-order valence-electron chi connectivity index (χ4n) is 3.88. The maximum absolute atomic E-state index is 15.1. The second-order valence-electron chi connectivity index (χ2n) is 9.09. The van der Waals surface area contributed by atoms with Gasteiger partial charge in [0.15, 0.2) is 23.3 Å². The first-order valence-electron chi connectivity index (χ1n) is 11.2. The van der Waals surface area contributed by atoms with E-state index in [2.05, 4.69) is 26.7 Å². The first-order chi connectivity index (χ1) is 17.1. The SMILES string of the molecule is Cc1ccc(Nc2c(C(N)=O)cc(Cc3ccnc(NSNC4(C)CCC4)c3F)c(F)c2F)c(F)c1. The van der Waals surface area contributed by atoms with Crippen molar-refractivity contribution in [2.75, 3.05) is 10.0 Å². The molecule has 1 heterocycles. The van der Waals surface area contributed by atoms with Crippen molar-refractivity contribution < 1.29 is 22.4 Å². The van der Waals surface area contributed by atoms with Gasteiger partial charge in [0.2, 0.25) is 0 Å². The summed E-state index contributed by atoms with van der Waals surface area (Å²) in [5.74, 6) is -5.33. The highest BCUT2D eigenvalue weighted by Gasteiger charge is 2.31. The lowest BCUT2D eigenvalue weighted by atomic mass is 9.80.